The summed E-state index contributed by atoms with van der Waals surface area (Å²) in [5.41, 5.74) is -0.326. The van der Waals surface area contributed by atoms with E-state index in [1.807, 2.05) is 4.90 Å². The molecule has 0 saturated carbocycles. The van der Waals surface area contributed by atoms with Gasteiger partial charge in [0.2, 0.25) is 0 Å². The Kier molecular flexibility index (Phi) is 5.11. The minimum atomic E-state index is -4.46. The van der Waals surface area contributed by atoms with Crippen LogP contribution in [-0.2, 0) is 12.8 Å². The molecule has 6 heteroatoms. The topological polar surface area (TPSA) is 43.7 Å². The van der Waals surface area contributed by atoms with Gasteiger partial charge in [-0.15, -0.1) is 0 Å². The molecular weight excluding hydrogens is 283 g/mol. The van der Waals surface area contributed by atoms with E-state index in [-0.39, 0.29) is 18.2 Å². The minimum Gasteiger partial charge on any atom is -0.396 e. The predicted octanol–water partition coefficient (Wildman–Crippen LogP) is 2.94. The minimum absolute atomic E-state index is 0.0988. The fourth-order valence-corrected chi connectivity index (χ4v) is 2.95. The van der Waals surface area contributed by atoms with Gasteiger partial charge in [-0.1, -0.05) is 6.07 Å². The molecule has 1 fully saturated rings. The summed E-state index contributed by atoms with van der Waals surface area (Å²) in [6.45, 7) is 0.205. The molecule has 3 nitrogen and oxygen atoms in total. The van der Waals surface area contributed by atoms with E-state index in [1.165, 1.54) is 6.07 Å². The Morgan fingerprint density at radius 3 is 2.62 bits per heavy atom. The smallest absolute Gasteiger partial charge is 0.396 e. The van der Waals surface area contributed by atoms with Gasteiger partial charge in [0.15, 0.2) is 0 Å². The van der Waals surface area contributed by atoms with Crippen molar-refractivity contribution in [3.05, 3.63) is 29.3 Å². The van der Waals surface area contributed by atoms with Gasteiger partial charge in [-0.2, -0.15) is 13.2 Å². The van der Waals surface area contributed by atoms with E-state index in [0.717, 1.165) is 31.9 Å². The van der Waals surface area contributed by atoms with Crippen LogP contribution in [-0.4, -0.2) is 29.4 Å². The maximum atomic E-state index is 13.0. The molecule has 2 rings (SSSR count). The van der Waals surface area contributed by atoms with E-state index < -0.39 is 18.3 Å². The number of aliphatic hydroxyl groups is 2. The van der Waals surface area contributed by atoms with Crippen LogP contribution in [0, 0.1) is 0 Å². The molecular formula is C15H20F3NO2. The van der Waals surface area contributed by atoms with Gasteiger partial charge in [-0.3, -0.25) is 0 Å². The number of alkyl halides is 3. The van der Waals surface area contributed by atoms with Gasteiger partial charge in [0.05, 0.1) is 12.2 Å². The molecule has 1 aromatic carbocycles. The first-order valence-electron chi connectivity index (χ1n) is 7.16. The van der Waals surface area contributed by atoms with Crippen molar-refractivity contribution in [3.63, 3.8) is 0 Å². The lowest BCUT2D eigenvalue weighted by Crippen LogP contribution is -2.29. The van der Waals surface area contributed by atoms with E-state index in [4.69, 9.17) is 10.2 Å². The number of halogens is 3. The lowest BCUT2D eigenvalue weighted by Gasteiger charge is -2.28. The van der Waals surface area contributed by atoms with Crippen molar-refractivity contribution < 1.29 is 23.4 Å². The van der Waals surface area contributed by atoms with Gasteiger partial charge < -0.3 is 15.1 Å². The Hall–Kier alpha value is -1.27. The summed E-state index contributed by atoms with van der Waals surface area (Å²) in [4.78, 5) is 1.98. The molecule has 118 valence electrons. The monoisotopic (exact) mass is 303 g/mol. The third-order valence-corrected chi connectivity index (χ3v) is 3.97. The second-order valence-corrected chi connectivity index (χ2v) is 5.35. The zero-order valence-corrected chi connectivity index (χ0v) is 11.7. The maximum Gasteiger partial charge on any atom is 0.416 e. The van der Waals surface area contributed by atoms with Gasteiger partial charge in [0.25, 0.3) is 0 Å². The second kappa shape index (κ2) is 6.66. The molecule has 21 heavy (non-hydrogen) atoms. The fourth-order valence-electron chi connectivity index (χ4n) is 2.95. The normalized spacial score (nSPS) is 19.3. The van der Waals surface area contributed by atoms with E-state index in [9.17, 15) is 13.2 Å². The van der Waals surface area contributed by atoms with Crippen molar-refractivity contribution in [2.24, 2.45) is 0 Å². The molecule has 2 N–H and O–H groups in total. The molecule has 0 bridgehead atoms. The number of rotatable bonds is 5. The zero-order chi connectivity index (χ0) is 15.5. The van der Waals surface area contributed by atoms with Crippen LogP contribution in [0.4, 0.5) is 18.9 Å². The number of benzene rings is 1. The number of aliphatic hydroxyl groups excluding tert-OH is 2. The van der Waals surface area contributed by atoms with Crippen molar-refractivity contribution >= 4 is 5.69 Å². The van der Waals surface area contributed by atoms with Crippen LogP contribution in [0.25, 0.3) is 0 Å². The Morgan fingerprint density at radius 1 is 1.24 bits per heavy atom. The lowest BCUT2D eigenvalue weighted by molar-refractivity contribution is -0.138. The van der Waals surface area contributed by atoms with Gasteiger partial charge >= 0.3 is 6.18 Å². The van der Waals surface area contributed by atoms with Crippen molar-refractivity contribution in [3.8, 4) is 0 Å². The molecule has 1 saturated heterocycles. The maximum absolute atomic E-state index is 13.0. The largest absolute Gasteiger partial charge is 0.416 e. The molecule has 1 aliphatic heterocycles. The quantitative estimate of drug-likeness (QED) is 0.879. The van der Waals surface area contributed by atoms with Gasteiger partial charge in [0.1, 0.15) is 0 Å². The van der Waals surface area contributed by atoms with Crippen LogP contribution in [0.2, 0.25) is 0 Å². The van der Waals surface area contributed by atoms with E-state index >= 15 is 0 Å². The van der Waals surface area contributed by atoms with Crippen molar-refractivity contribution in [1.29, 1.82) is 0 Å². The highest BCUT2D eigenvalue weighted by atomic mass is 19.4. The summed E-state index contributed by atoms with van der Waals surface area (Å²) < 4.78 is 39.1. The molecule has 1 aromatic rings. The van der Waals surface area contributed by atoms with Gasteiger partial charge in [0, 0.05) is 24.9 Å². The molecule has 0 radical (unpaired) electrons. The summed E-state index contributed by atoms with van der Waals surface area (Å²) in [7, 11) is 0. The highest BCUT2D eigenvalue weighted by Gasteiger charge is 2.34. The van der Waals surface area contributed by atoms with Crippen LogP contribution >= 0.6 is 0 Å². The first-order valence-corrected chi connectivity index (χ1v) is 7.16. The molecule has 0 aromatic heterocycles. The predicted molar refractivity (Wildman–Crippen MR) is 74.1 cm³/mol. The number of anilines is 1. The molecule has 0 amide bonds. The van der Waals surface area contributed by atoms with Crippen LogP contribution in [0.1, 0.15) is 36.8 Å². The van der Waals surface area contributed by atoms with Crippen LogP contribution < -0.4 is 4.90 Å². The standard InChI is InChI=1S/C15H20F3NO2/c16-15(17,18)14-9-13(6-5-11(14)10-21)19-7-1-3-12(19)4-2-8-20/h5-6,9,12,20-21H,1-4,7-8,10H2. The summed E-state index contributed by atoms with van der Waals surface area (Å²) in [5.74, 6) is 0. The molecule has 0 spiro atoms. The summed E-state index contributed by atoms with van der Waals surface area (Å²) in [6, 6.07) is 4.29. The molecule has 0 aliphatic carbocycles. The van der Waals surface area contributed by atoms with Crippen LogP contribution in [0.15, 0.2) is 18.2 Å². The SMILES string of the molecule is OCCCC1CCCN1c1ccc(CO)c(C(F)(F)F)c1. The molecule has 1 unspecified atom stereocenters. The lowest BCUT2D eigenvalue weighted by atomic mass is 10.0. The van der Waals surface area contributed by atoms with Crippen LogP contribution in [0.5, 0.6) is 0 Å². The van der Waals surface area contributed by atoms with E-state index in [2.05, 4.69) is 0 Å². The number of hydrogen-bond donors (Lipinski definition) is 2. The Labute approximate surface area is 122 Å². The fraction of sp³-hybridized carbons (Fsp3) is 0.600. The average Bonchev–Trinajstić information content (AvgIpc) is 2.91. The first kappa shape index (κ1) is 16.1. The van der Waals surface area contributed by atoms with E-state index in [1.54, 1.807) is 6.07 Å². The molecule has 1 atom stereocenters. The first-order chi connectivity index (χ1) is 9.97. The highest BCUT2D eigenvalue weighted by molar-refractivity contribution is 5.53. The average molecular weight is 303 g/mol. The summed E-state index contributed by atoms with van der Waals surface area (Å²) >= 11 is 0. The van der Waals surface area contributed by atoms with Gasteiger partial charge in [-0.25, -0.2) is 0 Å². The summed E-state index contributed by atoms with van der Waals surface area (Å²) in [6.07, 6.45) is -1.15. The number of hydrogen-bond acceptors (Lipinski definition) is 3. The third-order valence-electron chi connectivity index (χ3n) is 3.97. The van der Waals surface area contributed by atoms with Crippen molar-refractivity contribution in [2.75, 3.05) is 18.1 Å². The summed E-state index contributed by atoms with van der Waals surface area (Å²) in [5, 5.41) is 18.0. The highest BCUT2D eigenvalue weighted by Crippen LogP contribution is 2.36. The van der Waals surface area contributed by atoms with Gasteiger partial charge in [-0.05, 0) is 43.4 Å². The third kappa shape index (κ3) is 3.68. The number of nitrogens with zero attached hydrogens (tertiary/aromatic N) is 1. The molecule has 1 aliphatic rings. The Morgan fingerprint density at radius 2 is 2.00 bits per heavy atom. The Bertz CT molecular complexity index is 476. The van der Waals surface area contributed by atoms with E-state index in [0.29, 0.717) is 12.1 Å². The molecule has 1 heterocycles. The van der Waals surface area contributed by atoms with Crippen LogP contribution in [0.3, 0.4) is 0 Å². The van der Waals surface area contributed by atoms with Crippen molar-refractivity contribution in [1.82, 2.24) is 0 Å². The zero-order valence-electron chi connectivity index (χ0n) is 11.7. The Balaban J connectivity index is 2.27. The second-order valence-electron chi connectivity index (χ2n) is 5.35. The van der Waals surface area contributed by atoms with Crippen molar-refractivity contribution in [2.45, 2.75) is 44.5 Å².